The zero-order valence-electron chi connectivity index (χ0n) is 12.1. The van der Waals surface area contributed by atoms with Gasteiger partial charge < -0.3 is 10.1 Å². The molecule has 2 aromatic rings. The molecule has 4 nitrogen and oxygen atoms in total. The second kappa shape index (κ2) is 7.48. The number of benzene rings is 1. The summed E-state index contributed by atoms with van der Waals surface area (Å²) >= 11 is 0. The molecule has 1 aromatic heterocycles. The van der Waals surface area contributed by atoms with Gasteiger partial charge in [0.1, 0.15) is 5.75 Å². The largest absolute Gasteiger partial charge is 0.497 e. The van der Waals surface area contributed by atoms with Gasteiger partial charge in [-0.1, -0.05) is 19.1 Å². The van der Waals surface area contributed by atoms with E-state index in [4.69, 9.17) is 4.74 Å². The number of ether oxygens (including phenoxy) is 1. The molecule has 1 N–H and O–H groups in total. The van der Waals surface area contributed by atoms with Gasteiger partial charge in [0.25, 0.3) is 0 Å². The quantitative estimate of drug-likeness (QED) is 0.786. The maximum Gasteiger partial charge on any atom is 0.222 e. The van der Waals surface area contributed by atoms with E-state index in [1.807, 2.05) is 24.5 Å². The number of hydrogen-bond acceptors (Lipinski definition) is 4. The van der Waals surface area contributed by atoms with Crippen LogP contribution in [0.3, 0.4) is 0 Å². The summed E-state index contributed by atoms with van der Waals surface area (Å²) in [5.74, 6) is 1.60. The number of nitrogens with one attached hydrogen (secondary N) is 1. The SMILES string of the molecule is CCc1cnc(NCCCc2ccc(OC)cc2)nc1. The van der Waals surface area contributed by atoms with E-state index < -0.39 is 0 Å². The number of rotatable bonds is 7. The van der Waals surface area contributed by atoms with Gasteiger partial charge in [-0.25, -0.2) is 9.97 Å². The highest BCUT2D eigenvalue weighted by Crippen LogP contribution is 2.12. The van der Waals surface area contributed by atoms with Gasteiger partial charge in [-0.05, 0) is 42.5 Å². The van der Waals surface area contributed by atoms with Crippen LogP contribution in [0.4, 0.5) is 5.95 Å². The maximum atomic E-state index is 5.14. The van der Waals surface area contributed by atoms with Gasteiger partial charge in [0, 0.05) is 18.9 Å². The van der Waals surface area contributed by atoms with Crippen molar-refractivity contribution in [3.63, 3.8) is 0 Å². The molecule has 1 aromatic carbocycles. The summed E-state index contributed by atoms with van der Waals surface area (Å²) in [6.45, 7) is 2.97. The minimum absolute atomic E-state index is 0.705. The van der Waals surface area contributed by atoms with Crippen LogP contribution in [0.1, 0.15) is 24.5 Å². The summed E-state index contributed by atoms with van der Waals surface area (Å²) in [5, 5.41) is 3.24. The van der Waals surface area contributed by atoms with Crippen LogP contribution in [0.2, 0.25) is 0 Å². The van der Waals surface area contributed by atoms with Gasteiger partial charge in [-0.3, -0.25) is 0 Å². The molecule has 0 aliphatic carbocycles. The van der Waals surface area contributed by atoms with Gasteiger partial charge >= 0.3 is 0 Å². The minimum atomic E-state index is 0.705. The molecular weight excluding hydrogens is 250 g/mol. The number of aryl methyl sites for hydroxylation is 2. The lowest BCUT2D eigenvalue weighted by atomic mass is 10.1. The van der Waals surface area contributed by atoms with E-state index in [-0.39, 0.29) is 0 Å². The second-order valence-corrected chi connectivity index (χ2v) is 4.65. The van der Waals surface area contributed by atoms with Crippen LogP contribution in [0, 0.1) is 0 Å². The Bertz CT molecular complexity index is 459. The van der Waals surface area contributed by atoms with E-state index in [0.717, 1.165) is 37.1 Å². The minimum Gasteiger partial charge on any atom is -0.497 e. The predicted molar refractivity (Wildman–Crippen MR) is 81.2 cm³/mol. The van der Waals surface area contributed by atoms with Crippen molar-refractivity contribution in [3.8, 4) is 5.75 Å². The molecule has 0 saturated carbocycles. The van der Waals surface area contributed by atoms with Crippen molar-refractivity contribution >= 4 is 5.95 Å². The molecule has 2 rings (SSSR count). The summed E-state index contributed by atoms with van der Waals surface area (Å²) in [6, 6.07) is 8.20. The Kier molecular flexibility index (Phi) is 5.35. The number of nitrogens with zero attached hydrogens (tertiary/aromatic N) is 2. The number of anilines is 1. The Morgan fingerprint density at radius 2 is 1.75 bits per heavy atom. The van der Waals surface area contributed by atoms with E-state index in [2.05, 4.69) is 34.3 Å². The molecule has 20 heavy (non-hydrogen) atoms. The third-order valence-corrected chi connectivity index (χ3v) is 3.20. The Morgan fingerprint density at radius 3 is 2.35 bits per heavy atom. The van der Waals surface area contributed by atoms with Crippen LogP contribution in [-0.4, -0.2) is 23.6 Å². The third kappa shape index (κ3) is 4.23. The summed E-state index contributed by atoms with van der Waals surface area (Å²) in [6.07, 6.45) is 6.80. The topological polar surface area (TPSA) is 47.0 Å². The molecule has 0 unspecified atom stereocenters. The number of methoxy groups -OCH3 is 1. The molecule has 106 valence electrons. The molecule has 0 atom stereocenters. The molecule has 0 aliphatic rings. The first kappa shape index (κ1) is 14.3. The first-order valence-electron chi connectivity index (χ1n) is 6.99. The molecule has 1 heterocycles. The summed E-state index contributed by atoms with van der Waals surface area (Å²) in [4.78, 5) is 8.56. The molecular formula is C16H21N3O. The highest BCUT2D eigenvalue weighted by atomic mass is 16.5. The van der Waals surface area contributed by atoms with Crippen molar-refractivity contribution in [2.75, 3.05) is 19.0 Å². The van der Waals surface area contributed by atoms with Crippen molar-refractivity contribution in [3.05, 3.63) is 47.8 Å². The first-order valence-corrected chi connectivity index (χ1v) is 6.99. The van der Waals surface area contributed by atoms with E-state index in [1.54, 1.807) is 7.11 Å². The molecule has 0 saturated heterocycles. The lowest BCUT2D eigenvalue weighted by molar-refractivity contribution is 0.414. The van der Waals surface area contributed by atoms with Crippen molar-refractivity contribution < 1.29 is 4.74 Å². The fourth-order valence-electron chi connectivity index (χ4n) is 1.91. The van der Waals surface area contributed by atoms with Gasteiger partial charge in [-0.15, -0.1) is 0 Å². The fraction of sp³-hybridized carbons (Fsp3) is 0.375. The molecule has 4 heteroatoms. The van der Waals surface area contributed by atoms with E-state index in [0.29, 0.717) is 5.95 Å². The molecule has 0 bridgehead atoms. The van der Waals surface area contributed by atoms with Crippen molar-refractivity contribution in [2.24, 2.45) is 0 Å². The fourth-order valence-corrected chi connectivity index (χ4v) is 1.91. The average Bonchev–Trinajstić information content (AvgIpc) is 2.53. The van der Waals surface area contributed by atoms with Crippen LogP contribution in [0.15, 0.2) is 36.7 Å². The second-order valence-electron chi connectivity index (χ2n) is 4.65. The number of aromatic nitrogens is 2. The molecule has 0 amide bonds. The monoisotopic (exact) mass is 271 g/mol. The molecule has 0 fully saturated rings. The van der Waals surface area contributed by atoms with E-state index in [1.165, 1.54) is 5.56 Å². The first-order chi connectivity index (χ1) is 9.81. The smallest absolute Gasteiger partial charge is 0.222 e. The summed E-state index contributed by atoms with van der Waals surface area (Å²) in [5.41, 5.74) is 2.48. The van der Waals surface area contributed by atoms with Crippen molar-refractivity contribution in [1.82, 2.24) is 9.97 Å². The lowest BCUT2D eigenvalue weighted by Crippen LogP contribution is -2.06. The standard InChI is InChI=1S/C16H21N3O/c1-3-13-11-18-16(19-12-13)17-10-4-5-14-6-8-15(20-2)9-7-14/h6-9,11-12H,3-5,10H2,1-2H3,(H,17,18,19). The van der Waals surface area contributed by atoms with Crippen LogP contribution < -0.4 is 10.1 Å². The summed E-state index contributed by atoms with van der Waals surface area (Å²) in [7, 11) is 1.68. The van der Waals surface area contributed by atoms with Crippen LogP contribution in [0.25, 0.3) is 0 Å². The highest BCUT2D eigenvalue weighted by molar-refractivity contribution is 5.28. The third-order valence-electron chi connectivity index (χ3n) is 3.20. The normalized spacial score (nSPS) is 10.3. The van der Waals surface area contributed by atoms with Gasteiger partial charge in [-0.2, -0.15) is 0 Å². The molecule has 0 spiro atoms. The lowest BCUT2D eigenvalue weighted by Gasteiger charge is -2.06. The van der Waals surface area contributed by atoms with Gasteiger partial charge in [0.05, 0.1) is 7.11 Å². The maximum absolute atomic E-state index is 5.14. The number of hydrogen-bond donors (Lipinski definition) is 1. The molecule has 0 aliphatic heterocycles. The van der Waals surface area contributed by atoms with E-state index >= 15 is 0 Å². The van der Waals surface area contributed by atoms with Gasteiger partial charge in [0.2, 0.25) is 5.95 Å². The van der Waals surface area contributed by atoms with Gasteiger partial charge in [0.15, 0.2) is 0 Å². The Morgan fingerprint density at radius 1 is 1.05 bits per heavy atom. The zero-order chi connectivity index (χ0) is 14.2. The van der Waals surface area contributed by atoms with E-state index in [9.17, 15) is 0 Å². The molecule has 0 radical (unpaired) electrons. The summed E-state index contributed by atoms with van der Waals surface area (Å²) < 4.78 is 5.14. The average molecular weight is 271 g/mol. The Balaban J connectivity index is 1.72. The predicted octanol–water partition coefficient (Wildman–Crippen LogP) is 3.09. The Hall–Kier alpha value is -2.10. The van der Waals surface area contributed by atoms with Crippen molar-refractivity contribution in [2.45, 2.75) is 26.2 Å². The zero-order valence-corrected chi connectivity index (χ0v) is 12.1. The Labute approximate surface area is 120 Å². The van der Waals surface area contributed by atoms with Crippen LogP contribution in [0.5, 0.6) is 5.75 Å². The van der Waals surface area contributed by atoms with Crippen molar-refractivity contribution in [1.29, 1.82) is 0 Å². The highest BCUT2D eigenvalue weighted by Gasteiger charge is 1.97. The van der Waals surface area contributed by atoms with Crippen LogP contribution in [-0.2, 0) is 12.8 Å². The van der Waals surface area contributed by atoms with Crippen LogP contribution >= 0.6 is 0 Å².